The molecule has 0 saturated heterocycles. The number of hydrogen-bond acceptors (Lipinski definition) is 4. The van der Waals surface area contributed by atoms with E-state index in [0.29, 0.717) is 11.7 Å². The second-order valence-electron chi connectivity index (χ2n) is 6.47. The number of urea groups is 1. The topological polar surface area (TPSA) is 116 Å². The summed E-state index contributed by atoms with van der Waals surface area (Å²) in [5.74, 6) is -0.564. The molecule has 136 valence electrons. The van der Waals surface area contributed by atoms with Crippen LogP contribution in [0.15, 0.2) is 27.4 Å². The van der Waals surface area contributed by atoms with E-state index in [0.717, 1.165) is 24.6 Å². The van der Waals surface area contributed by atoms with Crippen LogP contribution in [0.3, 0.4) is 0 Å². The Kier molecular flexibility index (Phi) is 4.19. The molecule has 4 rings (SSSR count). The standard InChI is InChI=1S/C17H18FN5O3/c18-10-6-13-14(26-17(25)20-13)7-12(10)19-16(24)21-15-8-11(22-23-15)9-4-2-1-3-5-9/h6-9H,1-5H2,(H,20,25)(H3,19,21,22,23,24). The van der Waals surface area contributed by atoms with E-state index in [2.05, 4.69) is 25.8 Å². The van der Waals surface area contributed by atoms with Crippen LogP contribution in [-0.4, -0.2) is 21.2 Å². The predicted molar refractivity (Wildman–Crippen MR) is 93.8 cm³/mol. The Bertz CT molecular complexity index is 999. The summed E-state index contributed by atoms with van der Waals surface area (Å²) in [4.78, 5) is 25.6. The van der Waals surface area contributed by atoms with E-state index in [1.807, 2.05) is 0 Å². The van der Waals surface area contributed by atoms with Crippen LogP contribution >= 0.6 is 0 Å². The molecule has 2 amide bonds. The molecule has 1 aliphatic carbocycles. The van der Waals surface area contributed by atoms with Crippen molar-refractivity contribution in [3.05, 3.63) is 40.3 Å². The summed E-state index contributed by atoms with van der Waals surface area (Å²) < 4.78 is 18.9. The maximum absolute atomic E-state index is 14.0. The van der Waals surface area contributed by atoms with Gasteiger partial charge in [0.05, 0.1) is 11.2 Å². The lowest BCUT2D eigenvalue weighted by molar-refractivity contribution is 0.262. The minimum atomic E-state index is -0.687. The van der Waals surface area contributed by atoms with Crippen LogP contribution < -0.4 is 16.4 Å². The Labute approximate surface area is 147 Å². The third-order valence-electron chi connectivity index (χ3n) is 4.64. The number of benzene rings is 1. The first-order valence-electron chi connectivity index (χ1n) is 8.54. The molecule has 0 bridgehead atoms. The summed E-state index contributed by atoms with van der Waals surface area (Å²) in [6.07, 6.45) is 5.88. The number of nitrogens with one attached hydrogen (secondary N) is 4. The molecule has 8 nitrogen and oxygen atoms in total. The summed E-state index contributed by atoms with van der Waals surface area (Å²) in [6.45, 7) is 0. The van der Waals surface area contributed by atoms with Gasteiger partial charge in [-0.1, -0.05) is 19.3 Å². The monoisotopic (exact) mass is 359 g/mol. The molecule has 2 aromatic heterocycles. The highest BCUT2D eigenvalue weighted by molar-refractivity contribution is 6.00. The predicted octanol–water partition coefficient (Wildman–Crippen LogP) is 3.68. The minimum Gasteiger partial charge on any atom is -0.408 e. The number of halogens is 1. The van der Waals surface area contributed by atoms with Crippen molar-refractivity contribution in [3.63, 3.8) is 0 Å². The van der Waals surface area contributed by atoms with Crippen LogP contribution in [0.25, 0.3) is 11.1 Å². The van der Waals surface area contributed by atoms with Crippen LogP contribution in [0.5, 0.6) is 0 Å². The third kappa shape index (κ3) is 3.32. The van der Waals surface area contributed by atoms with Crippen molar-refractivity contribution >= 4 is 28.6 Å². The summed E-state index contributed by atoms with van der Waals surface area (Å²) in [7, 11) is 0. The average molecular weight is 359 g/mol. The summed E-state index contributed by atoms with van der Waals surface area (Å²) in [6, 6.07) is 3.51. The van der Waals surface area contributed by atoms with Crippen molar-refractivity contribution in [1.29, 1.82) is 0 Å². The normalized spacial score (nSPS) is 15.3. The van der Waals surface area contributed by atoms with Gasteiger partial charge < -0.3 is 9.73 Å². The molecular weight excluding hydrogens is 341 g/mol. The molecule has 0 unspecified atom stereocenters. The van der Waals surface area contributed by atoms with E-state index >= 15 is 0 Å². The third-order valence-corrected chi connectivity index (χ3v) is 4.64. The first kappa shape index (κ1) is 16.4. The maximum atomic E-state index is 14.0. The summed E-state index contributed by atoms with van der Waals surface area (Å²) >= 11 is 0. The molecule has 26 heavy (non-hydrogen) atoms. The molecule has 1 fully saturated rings. The molecule has 0 radical (unpaired) electrons. The lowest BCUT2D eigenvalue weighted by atomic mass is 9.87. The Morgan fingerprint density at radius 2 is 2.00 bits per heavy atom. The second-order valence-corrected chi connectivity index (χ2v) is 6.47. The number of anilines is 2. The maximum Gasteiger partial charge on any atom is 0.417 e. The van der Waals surface area contributed by atoms with E-state index in [1.54, 1.807) is 6.07 Å². The molecule has 3 aromatic rings. The fourth-order valence-electron chi connectivity index (χ4n) is 3.36. The number of carbonyl (C=O) groups excluding carboxylic acids is 1. The fraction of sp³-hybridized carbons (Fsp3) is 0.353. The van der Waals surface area contributed by atoms with Gasteiger partial charge in [0.15, 0.2) is 11.4 Å². The van der Waals surface area contributed by atoms with Gasteiger partial charge in [-0.2, -0.15) is 5.10 Å². The molecule has 0 aliphatic heterocycles. The first-order chi connectivity index (χ1) is 12.6. The van der Waals surface area contributed by atoms with Crippen LogP contribution in [-0.2, 0) is 0 Å². The van der Waals surface area contributed by atoms with Crippen LogP contribution in [0.2, 0.25) is 0 Å². The van der Waals surface area contributed by atoms with Gasteiger partial charge in [-0.3, -0.25) is 15.4 Å². The number of rotatable bonds is 3. The number of aromatic amines is 2. The number of fused-ring (bicyclic) bond motifs is 1. The van der Waals surface area contributed by atoms with Gasteiger partial charge >= 0.3 is 11.8 Å². The number of oxazole rings is 1. The van der Waals surface area contributed by atoms with E-state index < -0.39 is 17.6 Å². The van der Waals surface area contributed by atoms with Gasteiger partial charge in [-0.05, 0) is 12.8 Å². The highest BCUT2D eigenvalue weighted by atomic mass is 19.1. The molecule has 9 heteroatoms. The molecule has 1 aromatic carbocycles. The Morgan fingerprint density at radius 3 is 2.81 bits per heavy atom. The molecular formula is C17H18FN5O3. The lowest BCUT2D eigenvalue weighted by Crippen LogP contribution is -2.20. The highest BCUT2D eigenvalue weighted by Crippen LogP contribution is 2.32. The van der Waals surface area contributed by atoms with Crippen molar-refractivity contribution < 1.29 is 13.6 Å². The SMILES string of the molecule is O=C(Nc1cc(C2CCCCC2)[nH]n1)Nc1cc2oc(=O)[nH]c2cc1F. The van der Waals surface area contributed by atoms with Crippen LogP contribution in [0, 0.1) is 5.82 Å². The van der Waals surface area contributed by atoms with Gasteiger partial charge in [0.1, 0.15) is 5.82 Å². The molecule has 2 heterocycles. The number of H-pyrrole nitrogens is 2. The van der Waals surface area contributed by atoms with Crippen LogP contribution in [0.4, 0.5) is 20.7 Å². The van der Waals surface area contributed by atoms with Crippen molar-refractivity contribution in [2.45, 2.75) is 38.0 Å². The van der Waals surface area contributed by atoms with Crippen molar-refractivity contribution in [2.75, 3.05) is 10.6 Å². The Morgan fingerprint density at radius 1 is 1.19 bits per heavy atom. The van der Waals surface area contributed by atoms with Gasteiger partial charge in [-0.15, -0.1) is 0 Å². The fourth-order valence-corrected chi connectivity index (χ4v) is 3.36. The smallest absolute Gasteiger partial charge is 0.408 e. The largest absolute Gasteiger partial charge is 0.417 e. The second kappa shape index (κ2) is 6.66. The highest BCUT2D eigenvalue weighted by Gasteiger charge is 2.18. The van der Waals surface area contributed by atoms with E-state index in [1.165, 1.54) is 25.3 Å². The zero-order chi connectivity index (χ0) is 18.1. The molecule has 0 spiro atoms. The molecule has 1 aliphatic rings. The van der Waals surface area contributed by atoms with Crippen molar-refractivity contribution in [2.24, 2.45) is 0 Å². The van der Waals surface area contributed by atoms with Gasteiger partial charge in [0.2, 0.25) is 0 Å². The number of hydrogen-bond donors (Lipinski definition) is 4. The Balaban J connectivity index is 1.44. The molecule has 4 N–H and O–H groups in total. The zero-order valence-electron chi connectivity index (χ0n) is 13.9. The molecule has 0 atom stereocenters. The van der Waals surface area contributed by atoms with Crippen molar-refractivity contribution in [3.8, 4) is 0 Å². The number of amides is 2. The average Bonchev–Trinajstić information content (AvgIpc) is 3.21. The summed E-state index contributed by atoms with van der Waals surface area (Å²) in [5.41, 5.74) is 1.29. The van der Waals surface area contributed by atoms with Crippen molar-refractivity contribution in [1.82, 2.24) is 15.2 Å². The minimum absolute atomic E-state index is 0.0965. The quantitative estimate of drug-likeness (QED) is 0.571. The van der Waals surface area contributed by atoms with E-state index in [9.17, 15) is 14.0 Å². The number of carbonyl (C=O) groups is 1. The number of nitrogens with zero attached hydrogens (tertiary/aromatic N) is 1. The number of aromatic nitrogens is 3. The Hall–Kier alpha value is -3.10. The van der Waals surface area contributed by atoms with Crippen LogP contribution in [0.1, 0.15) is 43.7 Å². The van der Waals surface area contributed by atoms with Gasteiger partial charge in [0.25, 0.3) is 0 Å². The first-order valence-corrected chi connectivity index (χ1v) is 8.54. The van der Waals surface area contributed by atoms with Gasteiger partial charge in [-0.25, -0.2) is 14.0 Å². The summed E-state index contributed by atoms with van der Waals surface area (Å²) in [5, 5.41) is 12.0. The van der Waals surface area contributed by atoms with Gasteiger partial charge in [0, 0.05) is 29.8 Å². The molecule has 1 saturated carbocycles. The van der Waals surface area contributed by atoms with E-state index in [4.69, 9.17) is 4.42 Å². The lowest BCUT2D eigenvalue weighted by Gasteiger charge is -2.19. The van der Waals surface area contributed by atoms with E-state index in [-0.39, 0.29) is 16.8 Å². The zero-order valence-corrected chi connectivity index (χ0v) is 13.9.